The summed E-state index contributed by atoms with van der Waals surface area (Å²) in [7, 11) is 1.53. The Morgan fingerprint density at radius 1 is 1.20 bits per heavy atom. The molecule has 2 N–H and O–H groups in total. The number of nitrogens with zero attached hydrogens (tertiary/aromatic N) is 1. The van der Waals surface area contributed by atoms with Crippen LogP contribution in [0.2, 0.25) is 0 Å². The Bertz CT molecular complexity index is 1030. The van der Waals surface area contributed by atoms with E-state index in [1.165, 1.54) is 7.11 Å². The standard InChI is InChI=1S/C21H21F2N3O4/c1-4-21(13-5-8-17(30-3)12(2)9-13)19(28)26(20(29)25-21)11-18(27)24-16-10-14(22)6-7-15(16)23/h5-10H,4,11H2,1-3H3,(H,24,27)(H,25,29). The Balaban J connectivity index is 1.83. The zero-order valence-corrected chi connectivity index (χ0v) is 16.7. The van der Waals surface area contributed by atoms with Crippen LogP contribution in [0, 0.1) is 18.6 Å². The fourth-order valence-corrected chi connectivity index (χ4v) is 3.48. The van der Waals surface area contributed by atoms with Crippen molar-refractivity contribution in [3.05, 3.63) is 59.2 Å². The van der Waals surface area contributed by atoms with Gasteiger partial charge in [0, 0.05) is 6.07 Å². The minimum Gasteiger partial charge on any atom is -0.496 e. The van der Waals surface area contributed by atoms with Crippen molar-refractivity contribution in [2.24, 2.45) is 0 Å². The topological polar surface area (TPSA) is 87.7 Å². The number of aryl methyl sites for hydroxylation is 1. The molecule has 1 fully saturated rings. The van der Waals surface area contributed by atoms with Gasteiger partial charge in [-0.1, -0.05) is 13.0 Å². The first kappa shape index (κ1) is 21.2. The van der Waals surface area contributed by atoms with Gasteiger partial charge in [-0.15, -0.1) is 0 Å². The predicted molar refractivity (Wildman–Crippen MR) is 105 cm³/mol. The summed E-state index contributed by atoms with van der Waals surface area (Å²) in [6.07, 6.45) is 0.250. The molecule has 4 amide bonds. The molecule has 0 radical (unpaired) electrons. The maximum absolute atomic E-state index is 13.7. The molecule has 1 aliphatic heterocycles. The molecule has 0 aliphatic carbocycles. The normalized spacial score (nSPS) is 18.4. The number of carbonyl (C=O) groups is 3. The van der Waals surface area contributed by atoms with Crippen molar-refractivity contribution in [3.63, 3.8) is 0 Å². The number of hydrogen-bond donors (Lipinski definition) is 2. The maximum Gasteiger partial charge on any atom is 0.325 e. The largest absolute Gasteiger partial charge is 0.496 e. The van der Waals surface area contributed by atoms with Crippen LogP contribution in [0.15, 0.2) is 36.4 Å². The molecule has 9 heteroatoms. The number of amides is 4. The number of benzene rings is 2. The number of ether oxygens (including phenoxy) is 1. The van der Waals surface area contributed by atoms with E-state index in [2.05, 4.69) is 10.6 Å². The first-order valence-electron chi connectivity index (χ1n) is 9.26. The second-order valence-corrected chi connectivity index (χ2v) is 6.94. The van der Waals surface area contributed by atoms with Crippen LogP contribution in [-0.4, -0.2) is 36.4 Å². The van der Waals surface area contributed by atoms with Crippen molar-refractivity contribution in [2.75, 3.05) is 19.0 Å². The van der Waals surface area contributed by atoms with E-state index in [1.807, 2.05) is 6.92 Å². The fraction of sp³-hybridized carbons (Fsp3) is 0.286. The van der Waals surface area contributed by atoms with Gasteiger partial charge in [0.05, 0.1) is 12.8 Å². The molecule has 7 nitrogen and oxygen atoms in total. The zero-order chi connectivity index (χ0) is 22.1. The lowest BCUT2D eigenvalue weighted by molar-refractivity contribution is -0.134. The van der Waals surface area contributed by atoms with E-state index >= 15 is 0 Å². The number of rotatable bonds is 6. The molecule has 158 valence electrons. The van der Waals surface area contributed by atoms with Crippen LogP contribution >= 0.6 is 0 Å². The summed E-state index contributed by atoms with van der Waals surface area (Å²) >= 11 is 0. The van der Waals surface area contributed by atoms with Crippen molar-refractivity contribution in [1.29, 1.82) is 0 Å². The third-order valence-corrected chi connectivity index (χ3v) is 5.10. The Kier molecular flexibility index (Phi) is 5.73. The Labute approximate surface area is 172 Å². The number of halogens is 2. The maximum atomic E-state index is 13.7. The van der Waals surface area contributed by atoms with Crippen molar-refractivity contribution in [1.82, 2.24) is 10.2 Å². The summed E-state index contributed by atoms with van der Waals surface area (Å²) in [6.45, 7) is 2.91. The van der Waals surface area contributed by atoms with Crippen molar-refractivity contribution in [3.8, 4) is 5.75 Å². The van der Waals surface area contributed by atoms with Crippen molar-refractivity contribution in [2.45, 2.75) is 25.8 Å². The molecule has 0 saturated carbocycles. The average molecular weight is 417 g/mol. The van der Waals surface area contributed by atoms with Crippen LogP contribution in [0.4, 0.5) is 19.3 Å². The number of hydrogen-bond acceptors (Lipinski definition) is 4. The van der Waals surface area contributed by atoms with E-state index in [0.717, 1.165) is 28.7 Å². The zero-order valence-electron chi connectivity index (χ0n) is 16.7. The van der Waals surface area contributed by atoms with E-state index in [0.29, 0.717) is 11.3 Å². The number of urea groups is 1. The summed E-state index contributed by atoms with van der Waals surface area (Å²) in [5.74, 6) is -2.37. The highest BCUT2D eigenvalue weighted by Gasteiger charge is 2.51. The van der Waals surface area contributed by atoms with Gasteiger partial charge in [0.2, 0.25) is 5.91 Å². The van der Waals surface area contributed by atoms with Crippen LogP contribution < -0.4 is 15.4 Å². The van der Waals surface area contributed by atoms with Crippen LogP contribution in [0.25, 0.3) is 0 Å². The molecule has 0 bridgehead atoms. The van der Waals surface area contributed by atoms with E-state index in [9.17, 15) is 23.2 Å². The third kappa shape index (κ3) is 3.70. The smallest absolute Gasteiger partial charge is 0.325 e. The van der Waals surface area contributed by atoms with Gasteiger partial charge in [-0.05, 0) is 48.7 Å². The molecule has 0 aromatic heterocycles. The monoisotopic (exact) mass is 417 g/mol. The average Bonchev–Trinajstić information content (AvgIpc) is 2.95. The lowest BCUT2D eigenvalue weighted by atomic mass is 9.86. The molecule has 1 saturated heterocycles. The summed E-state index contributed by atoms with van der Waals surface area (Å²) in [6, 6.07) is 6.97. The molecule has 30 heavy (non-hydrogen) atoms. The number of anilines is 1. The van der Waals surface area contributed by atoms with Crippen LogP contribution in [0.3, 0.4) is 0 Å². The number of methoxy groups -OCH3 is 1. The molecular weight excluding hydrogens is 396 g/mol. The summed E-state index contributed by atoms with van der Waals surface area (Å²) < 4.78 is 32.3. The minimum absolute atomic E-state index is 0.250. The lowest BCUT2D eigenvalue weighted by Crippen LogP contribution is -2.44. The molecule has 0 spiro atoms. The highest BCUT2D eigenvalue weighted by Crippen LogP contribution is 2.34. The van der Waals surface area contributed by atoms with E-state index in [4.69, 9.17) is 4.74 Å². The summed E-state index contributed by atoms with van der Waals surface area (Å²) in [5.41, 5.74) is -0.374. The molecule has 1 aliphatic rings. The molecule has 1 atom stereocenters. The second kappa shape index (κ2) is 8.10. The fourth-order valence-electron chi connectivity index (χ4n) is 3.48. The van der Waals surface area contributed by atoms with Crippen LogP contribution in [-0.2, 0) is 15.1 Å². The highest BCUT2D eigenvalue weighted by atomic mass is 19.1. The number of carbonyl (C=O) groups excluding carboxylic acids is 3. The quantitative estimate of drug-likeness (QED) is 0.707. The second-order valence-electron chi connectivity index (χ2n) is 6.94. The Morgan fingerprint density at radius 2 is 1.93 bits per heavy atom. The van der Waals surface area contributed by atoms with E-state index in [-0.39, 0.29) is 12.1 Å². The predicted octanol–water partition coefficient (Wildman–Crippen LogP) is 3.08. The van der Waals surface area contributed by atoms with E-state index < -0.39 is 41.6 Å². The third-order valence-electron chi connectivity index (χ3n) is 5.10. The Morgan fingerprint density at radius 3 is 2.57 bits per heavy atom. The number of imide groups is 1. The van der Waals surface area contributed by atoms with Crippen LogP contribution in [0.1, 0.15) is 24.5 Å². The minimum atomic E-state index is -1.33. The number of nitrogens with one attached hydrogen (secondary N) is 2. The Hall–Kier alpha value is -3.49. The molecule has 2 aromatic carbocycles. The van der Waals surface area contributed by atoms with Crippen molar-refractivity contribution >= 4 is 23.5 Å². The first-order chi connectivity index (χ1) is 14.2. The van der Waals surface area contributed by atoms with E-state index in [1.54, 1.807) is 25.1 Å². The summed E-state index contributed by atoms with van der Waals surface area (Å²) in [4.78, 5) is 38.7. The highest BCUT2D eigenvalue weighted by molar-refractivity contribution is 6.10. The summed E-state index contributed by atoms with van der Waals surface area (Å²) in [5, 5.41) is 4.85. The molecular formula is C21H21F2N3O4. The van der Waals surface area contributed by atoms with Crippen molar-refractivity contribution < 1.29 is 27.9 Å². The van der Waals surface area contributed by atoms with Gasteiger partial charge in [-0.25, -0.2) is 13.6 Å². The molecule has 3 rings (SSSR count). The van der Waals surface area contributed by atoms with Gasteiger partial charge >= 0.3 is 6.03 Å². The van der Waals surface area contributed by atoms with Crippen LogP contribution in [0.5, 0.6) is 5.75 Å². The van der Waals surface area contributed by atoms with Gasteiger partial charge in [-0.2, -0.15) is 0 Å². The van der Waals surface area contributed by atoms with Gasteiger partial charge < -0.3 is 15.4 Å². The molecule has 1 heterocycles. The van der Waals surface area contributed by atoms with Gasteiger partial charge in [0.15, 0.2) is 0 Å². The van der Waals surface area contributed by atoms with Gasteiger partial charge in [0.1, 0.15) is 29.5 Å². The lowest BCUT2D eigenvalue weighted by Gasteiger charge is -2.26. The van der Waals surface area contributed by atoms with Gasteiger partial charge in [-0.3, -0.25) is 14.5 Å². The molecule has 2 aromatic rings. The molecule has 1 unspecified atom stereocenters. The van der Waals surface area contributed by atoms with Gasteiger partial charge in [0.25, 0.3) is 5.91 Å². The SMILES string of the molecule is CCC1(c2ccc(OC)c(C)c2)NC(=O)N(CC(=O)Nc2cc(F)ccc2F)C1=O. The first-order valence-corrected chi connectivity index (χ1v) is 9.26.